The first-order chi connectivity index (χ1) is 12.7. The third kappa shape index (κ3) is 4.45. The molecule has 0 spiro atoms. The van der Waals surface area contributed by atoms with Gasteiger partial charge in [0.25, 0.3) is 5.91 Å². The van der Waals surface area contributed by atoms with E-state index in [1.165, 1.54) is 11.1 Å². The second-order valence-corrected chi connectivity index (χ2v) is 6.54. The second-order valence-electron chi connectivity index (χ2n) is 6.54. The molecule has 1 aliphatic carbocycles. The minimum absolute atomic E-state index is 0.0185. The number of methoxy groups -OCH3 is 1. The lowest BCUT2D eigenvalue weighted by atomic mass is 9.88. The van der Waals surface area contributed by atoms with Crippen molar-refractivity contribution >= 4 is 5.91 Å². The normalized spacial score (nSPS) is 15.7. The van der Waals surface area contributed by atoms with Gasteiger partial charge in [-0.1, -0.05) is 36.4 Å². The van der Waals surface area contributed by atoms with Gasteiger partial charge in [0, 0.05) is 6.04 Å². The molecule has 0 fully saturated rings. The van der Waals surface area contributed by atoms with Crippen molar-refractivity contribution in [2.24, 2.45) is 0 Å². The predicted octanol–water partition coefficient (Wildman–Crippen LogP) is 3.48. The van der Waals surface area contributed by atoms with Crippen LogP contribution in [0.2, 0.25) is 0 Å². The standard InChI is InChI=1S/C22H25NO3/c1-3-6-16-9-12-20(21(13-16)25-2)26-15-22(24)23-19-11-10-17-7-4-5-8-18(17)14-19/h3-5,7-9,12-13,19H,1,6,10-11,14-15H2,2H3,(H,23,24). The molecule has 0 heterocycles. The third-order valence-electron chi connectivity index (χ3n) is 4.68. The van der Waals surface area contributed by atoms with Crippen LogP contribution < -0.4 is 14.8 Å². The van der Waals surface area contributed by atoms with Crippen LogP contribution in [0.1, 0.15) is 23.1 Å². The molecule has 1 N–H and O–H groups in total. The summed E-state index contributed by atoms with van der Waals surface area (Å²) in [7, 11) is 1.60. The Morgan fingerprint density at radius 3 is 2.81 bits per heavy atom. The molecule has 1 amide bonds. The number of nitrogens with one attached hydrogen (secondary N) is 1. The van der Waals surface area contributed by atoms with Crippen LogP contribution in [-0.4, -0.2) is 25.7 Å². The first-order valence-electron chi connectivity index (χ1n) is 8.96. The maximum absolute atomic E-state index is 12.3. The van der Waals surface area contributed by atoms with E-state index in [2.05, 4.69) is 36.2 Å². The molecule has 4 nitrogen and oxygen atoms in total. The Balaban J connectivity index is 1.54. The first-order valence-corrected chi connectivity index (χ1v) is 8.96. The largest absolute Gasteiger partial charge is 0.493 e. The van der Waals surface area contributed by atoms with Crippen LogP contribution in [0, 0.1) is 0 Å². The Labute approximate surface area is 154 Å². The highest BCUT2D eigenvalue weighted by Gasteiger charge is 2.20. The topological polar surface area (TPSA) is 47.6 Å². The monoisotopic (exact) mass is 351 g/mol. The summed E-state index contributed by atoms with van der Waals surface area (Å²) in [5.74, 6) is 1.10. The van der Waals surface area contributed by atoms with Crippen LogP contribution in [0.25, 0.3) is 0 Å². The zero-order chi connectivity index (χ0) is 18.4. The van der Waals surface area contributed by atoms with E-state index >= 15 is 0 Å². The van der Waals surface area contributed by atoms with Crippen molar-refractivity contribution in [2.45, 2.75) is 31.7 Å². The molecule has 0 radical (unpaired) electrons. The maximum Gasteiger partial charge on any atom is 0.258 e. The number of amides is 1. The molecule has 0 bridgehead atoms. The molecule has 136 valence electrons. The fourth-order valence-electron chi connectivity index (χ4n) is 3.36. The number of aryl methyl sites for hydroxylation is 1. The van der Waals surface area contributed by atoms with E-state index in [0.29, 0.717) is 11.5 Å². The zero-order valence-electron chi connectivity index (χ0n) is 15.2. The van der Waals surface area contributed by atoms with E-state index in [1.807, 2.05) is 24.3 Å². The van der Waals surface area contributed by atoms with Crippen molar-refractivity contribution in [2.75, 3.05) is 13.7 Å². The third-order valence-corrected chi connectivity index (χ3v) is 4.68. The van der Waals surface area contributed by atoms with Crippen molar-refractivity contribution in [3.05, 3.63) is 71.8 Å². The number of carbonyl (C=O) groups excluding carboxylic acids is 1. The van der Waals surface area contributed by atoms with Gasteiger partial charge in [-0.15, -0.1) is 6.58 Å². The smallest absolute Gasteiger partial charge is 0.258 e. The van der Waals surface area contributed by atoms with E-state index < -0.39 is 0 Å². The molecule has 0 saturated carbocycles. The summed E-state index contributed by atoms with van der Waals surface area (Å²) >= 11 is 0. The van der Waals surface area contributed by atoms with Gasteiger partial charge in [0.2, 0.25) is 0 Å². The molecule has 1 aliphatic rings. The van der Waals surface area contributed by atoms with E-state index in [0.717, 1.165) is 31.2 Å². The Morgan fingerprint density at radius 2 is 2.04 bits per heavy atom. The number of carbonyl (C=O) groups is 1. The summed E-state index contributed by atoms with van der Waals surface area (Å²) in [5.41, 5.74) is 3.80. The molecule has 2 aromatic rings. The molecule has 26 heavy (non-hydrogen) atoms. The number of benzene rings is 2. The number of hydrogen-bond donors (Lipinski definition) is 1. The Kier molecular flexibility index (Phi) is 5.95. The summed E-state index contributed by atoms with van der Waals surface area (Å²) < 4.78 is 11.0. The molecular weight excluding hydrogens is 326 g/mol. The maximum atomic E-state index is 12.3. The van der Waals surface area contributed by atoms with Crippen LogP contribution in [0.3, 0.4) is 0 Å². The van der Waals surface area contributed by atoms with Gasteiger partial charge < -0.3 is 14.8 Å². The average Bonchev–Trinajstić information content (AvgIpc) is 2.67. The van der Waals surface area contributed by atoms with Crippen LogP contribution in [0.4, 0.5) is 0 Å². The average molecular weight is 351 g/mol. The Bertz CT molecular complexity index is 785. The first kappa shape index (κ1) is 18.1. The minimum Gasteiger partial charge on any atom is -0.493 e. The zero-order valence-corrected chi connectivity index (χ0v) is 15.2. The summed E-state index contributed by atoms with van der Waals surface area (Å²) in [6, 6.07) is 14.3. The Hall–Kier alpha value is -2.75. The van der Waals surface area contributed by atoms with E-state index in [9.17, 15) is 4.79 Å². The lowest BCUT2D eigenvalue weighted by Crippen LogP contribution is -2.41. The molecule has 1 unspecified atom stereocenters. The number of fused-ring (bicyclic) bond motifs is 1. The van der Waals surface area contributed by atoms with E-state index in [-0.39, 0.29) is 18.6 Å². The molecule has 0 saturated heterocycles. The van der Waals surface area contributed by atoms with Crippen molar-refractivity contribution < 1.29 is 14.3 Å². The van der Waals surface area contributed by atoms with Gasteiger partial charge in [0.05, 0.1) is 7.11 Å². The number of rotatable bonds is 7. The van der Waals surface area contributed by atoms with Crippen molar-refractivity contribution in [3.8, 4) is 11.5 Å². The Morgan fingerprint density at radius 1 is 1.23 bits per heavy atom. The highest BCUT2D eigenvalue weighted by Crippen LogP contribution is 2.28. The van der Waals surface area contributed by atoms with Crippen LogP contribution >= 0.6 is 0 Å². The van der Waals surface area contributed by atoms with E-state index in [1.54, 1.807) is 7.11 Å². The van der Waals surface area contributed by atoms with Gasteiger partial charge >= 0.3 is 0 Å². The van der Waals surface area contributed by atoms with Crippen molar-refractivity contribution in [1.29, 1.82) is 0 Å². The molecular formula is C22H25NO3. The van der Waals surface area contributed by atoms with Crippen LogP contribution in [-0.2, 0) is 24.1 Å². The van der Waals surface area contributed by atoms with Gasteiger partial charge in [-0.05, 0) is 54.5 Å². The van der Waals surface area contributed by atoms with Gasteiger partial charge in [-0.2, -0.15) is 0 Å². The van der Waals surface area contributed by atoms with Crippen molar-refractivity contribution in [1.82, 2.24) is 5.32 Å². The van der Waals surface area contributed by atoms with E-state index in [4.69, 9.17) is 9.47 Å². The molecule has 2 aromatic carbocycles. The van der Waals surface area contributed by atoms with Gasteiger partial charge in [0.1, 0.15) is 0 Å². The molecule has 1 atom stereocenters. The number of allylic oxidation sites excluding steroid dienone is 1. The van der Waals surface area contributed by atoms with Gasteiger partial charge in [0.15, 0.2) is 18.1 Å². The summed E-state index contributed by atoms with van der Waals surface area (Å²) in [5, 5.41) is 3.08. The SMILES string of the molecule is C=CCc1ccc(OCC(=O)NC2CCc3ccccc3C2)c(OC)c1. The van der Waals surface area contributed by atoms with Gasteiger partial charge in [-0.25, -0.2) is 0 Å². The van der Waals surface area contributed by atoms with Crippen molar-refractivity contribution in [3.63, 3.8) is 0 Å². The fourth-order valence-corrected chi connectivity index (χ4v) is 3.36. The number of hydrogen-bond acceptors (Lipinski definition) is 3. The van der Waals surface area contributed by atoms with Gasteiger partial charge in [-0.3, -0.25) is 4.79 Å². The molecule has 0 aromatic heterocycles. The highest BCUT2D eigenvalue weighted by molar-refractivity contribution is 5.78. The quantitative estimate of drug-likeness (QED) is 0.777. The second kappa shape index (κ2) is 8.56. The lowest BCUT2D eigenvalue weighted by Gasteiger charge is -2.25. The fraction of sp³-hybridized carbons (Fsp3) is 0.318. The van der Waals surface area contributed by atoms with Crippen LogP contribution in [0.15, 0.2) is 55.1 Å². The molecule has 3 rings (SSSR count). The summed E-state index contributed by atoms with van der Waals surface area (Å²) in [4.78, 5) is 12.3. The minimum atomic E-state index is -0.105. The van der Waals surface area contributed by atoms with Crippen LogP contribution in [0.5, 0.6) is 11.5 Å². The summed E-state index contributed by atoms with van der Waals surface area (Å²) in [6.07, 6.45) is 5.44. The summed E-state index contributed by atoms with van der Waals surface area (Å²) in [6.45, 7) is 3.72. The molecule has 0 aliphatic heterocycles. The highest BCUT2D eigenvalue weighted by atomic mass is 16.5. The number of ether oxygens (including phenoxy) is 2. The molecule has 4 heteroatoms. The predicted molar refractivity (Wildman–Crippen MR) is 103 cm³/mol. The lowest BCUT2D eigenvalue weighted by molar-refractivity contribution is -0.123.